The van der Waals surface area contributed by atoms with Crippen molar-refractivity contribution >= 4 is 17.4 Å². The standard InChI is InChI=1S/C21H23ClFNO3/c22-16-5-3-15(4-6-16)21(27)9-12-24(13-10-21)11-1-2-19(25)18-8-7-17(23)14-20(18)26/h3-8,14,26-27H,1-2,9-13H2. The Labute approximate surface area is 163 Å². The molecule has 1 heterocycles. The van der Waals surface area contributed by atoms with Gasteiger partial charge in [-0.25, -0.2) is 4.39 Å². The van der Waals surface area contributed by atoms with Crippen molar-refractivity contribution in [3.8, 4) is 5.75 Å². The van der Waals surface area contributed by atoms with E-state index < -0.39 is 11.4 Å². The Morgan fingerprint density at radius 2 is 1.81 bits per heavy atom. The van der Waals surface area contributed by atoms with Crippen molar-refractivity contribution in [1.29, 1.82) is 0 Å². The minimum absolute atomic E-state index is 0.159. The number of aliphatic hydroxyl groups is 1. The van der Waals surface area contributed by atoms with Crippen molar-refractivity contribution in [2.24, 2.45) is 0 Å². The summed E-state index contributed by atoms with van der Waals surface area (Å²) < 4.78 is 13.0. The van der Waals surface area contributed by atoms with E-state index in [4.69, 9.17) is 11.6 Å². The quantitative estimate of drug-likeness (QED) is 0.727. The molecule has 2 aromatic carbocycles. The Morgan fingerprint density at radius 3 is 2.44 bits per heavy atom. The molecule has 0 saturated carbocycles. The number of carbonyl (C=O) groups is 1. The molecule has 0 atom stereocenters. The number of phenolic OH excluding ortho intramolecular Hbond substituents is 1. The first-order valence-electron chi connectivity index (χ1n) is 9.10. The van der Waals surface area contributed by atoms with Crippen LogP contribution in [-0.2, 0) is 5.60 Å². The fourth-order valence-corrected chi connectivity index (χ4v) is 3.66. The number of Topliss-reactive ketones (excluding diaryl/α,β-unsaturated/α-hetero) is 1. The molecule has 0 radical (unpaired) electrons. The summed E-state index contributed by atoms with van der Waals surface area (Å²) in [6.45, 7) is 2.23. The minimum atomic E-state index is -0.836. The zero-order chi connectivity index (χ0) is 19.4. The van der Waals surface area contributed by atoms with Crippen LogP contribution < -0.4 is 0 Å². The molecule has 0 unspecified atom stereocenters. The highest BCUT2D eigenvalue weighted by Gasteiger charge is 2.33. The SMILES string of the molecule is O=C(CCCN1CCC(O)(c2ccc(Cl)cc2)CC1)c1ccc(F)cc1O. The molecule has 1 aliphatic rings. The number of hydrogen-bond donors (Lipinski definition) is 2. The average molecular weight is 392 g/mol. The minimum Gasteiger partial charge on any atom is -0.507 e. The molecule has 144 valence electrons. The Morgan fingerprint density at radius 1 is 1.15 bits per heavy atom. The third-order valence-corrected chi connectivity index (χ3v) is 5.46. The van der Waals surface area contributed by atoms with Gasteiger partial charge in [0.1, 0.15) is 11.6 Å². The maximum atomic E-state index is 13.0. The molecular formula is C21H23ClFNO3. The molecule has 0 aliphatic carbocycles. The van der Waals surface area contributed by atoms with Crippen molar-refractivity contribution in [3.63, 3.8) is 0 Å². The number of carbonyl (C=O) groups excluding carboxylic acids is 1. The van der Waals surface area contributed by atoms with E-state index in [1.54, 1.807) is 12.1 Å². The van der Waals surface area contributed by atoms with Gasteiger partial charge in [0.25, 0.3) is 0 Å². The van der Waals surface area contributed by atoms with Crippen LogP contribution in [0, 0.1) is 5.82 Å². The topological polar surface area (TPSA) is 60.8 Å². The maximum absolute atomic E-state index is 13.0. The highest BCUT2D eigenvalue weighted by molar-refractivity contribution is 6.30. The van der Waals surface area contributed by atoms with E-state index in [0.717, 1.165) is 31.3 Å². The number of halogens is 2. The van der Waals surface area contributed by atoms with Gasteiger partial charge in [0.15, 0.2) is 5.78 Å². The van der Waals surface area contributed by atoms with Gasteiger partial charge in [-0.05, 0) is 55.6 Å². The van der Waals surface area contributed by atoms with Gasteiger partial charge in [-0.3, -0.25) is 4.79 Å². The fraction of sp³-hybridized carbons (Fsp3) is 0.381. The van der Waals surface area contributed by atoms with E-state index in [1.807, 2.05) is 12.1 Å². The van der Waals surface area contributed by atoms with Crippen molar-refractivity contribution in [2.75, 3.05) is 19.6 Å². The molecule has 1 saturated heterocycles. The second kappa shape index (κ2) is 8.38. The molecule has 0 spiro atoms. The van der Waals surface area contributed by atoms with Gasteiger partial charge in [-0.1, -0.05) is 23.7 Å². The van der Waals surface area contributed by atoms with Crippen LogP contribution in [0.25, 0.3) is 0 Å². The van der Waals surface area contributed by atoms with Gasteiger partial charge < -0.3 is 15.1 Å². The molecule has 2 N–H and O–H groups in total. The molecular weight excluding hydrogens is 369 g/mol. The van der Waals surface area contributed by atoms with Gasteiger partial charge in [0.2, 0.25) is 0 Å². The van der Waals surface area contributed by atoms with Gasteiger partial charge in [0, 0.05) is 30.6 Å². The van der Waals surface area contributed by atoms with Crippen LogP contribution in [0.4, 0.5) is 4.39 Å². The second-order valence-corrected chi connectivity index (χ2v) is 7.50. The highest BCUT2D eigenvalue weighted by Crippen LogP contribution is 2.33. The summed E-state index contributed by atoms with van der Waals surface area (Å²) in [7, 11) is 0. The predicted molar refractivity (Wildman–Crippen MR) is 103 cm³/mol. The number of rotatable bonds is 6. The summed E-state index contributed by atoms with van der Waals surface area (Å²) in [5.41, 5.74) is 0.206. The highest BCUT2D eigenvalue weighted by atomic mass is 35.5. The lowest BCUT2D eigenvalue weighted by molar-refractivity contribution is -0.0260. The number of likely N-dealkylation sites (tertiary alicyclic amines) is 1. The lowest BCUT2D eigenvalue weighted by Crippen LogP contribution is -2.42. The molecule has 1 fully saturated rings. The van der Waals surface area contributed by atoms with Crippen molar-refractivity contribution in [3.05, 3.63) is 64.4 Å². The number of aromatic hydroxyl groups is 1. The fourth-order valence-electron chi connectivity index (χ4n) is 3.53. The lowest BCUT2D eigenvalue weighted by Gasteiger charge is -2.38. The van der Waals surface area contributed by atoms with Crippen LogP contribution in [0.5, 0.6) is 5.75 Å². The van der Waals surface area contributed by atoms with E-state index in [9.17, 15) is 19.4 Å². The zero-order valence-electron chi connectivity index (χ0n) is 15.0. The van der Waals surface area contributed by atoms with Crippen molar-refractivity contribution in [2.45, 2.75) is 31.3 Å². The second-order valence-electron chi connectivity index (χ2n) is 7.07. The van der Waals surface area contributed by atoms with Crippen LogP contribution in [-0.4, -0.2) is 40.5 Å². The Bertz CT molecular complexity index is 802. The van der Waals surface area contributed by atoms with Gasteiger partial charge in [-0.15, -0.1) is 0 Å². The van der Waals surface area contributed by atoms with Crippen LogP contribution in [0.2, 0.25) is 5.02 Å². The predicted octanol–water partition coefficient (Wildman–Crippen LogP) is 4.13. The summed E-state index contributed by atoms with van der Waals surface area (Å²) in [6.07, 6.45) is 2.19. The molecule has 0 bridgehead atoms. The number of phenols is 1. The third-order valence-electron chi connectivity index (χ3n) is 5.20. The molecule has 6 heteroatoms. The van der Waals surface area contributed by atoms with Crippen LogP contribution >= 0.6 is 11.6 Å². The van der Waals surface area contributed by atoms with Gasteiger partial charge in [-0.2, -0.15) is 0 Å². The van der Waals surface area contributed by atoms with Crippen LogP contribution in [0.15, 0.2) is 42.5 Å². The van der Waals surface area contributed by atoms with E-state index in [-0.39, 0.29) is 23.5 Å². The van der Waals surface area contributed by atoms with Gasteiger partial charge >= 0.3 is 0 Å². The monoisotopic (exact) mass is 391 g/mol. The first-order valence-corrected chi connectivity index (χ1v) is 9.48. The molecule has 4 nitrogen and oxygen atoms in total. The van der Waals surface area contributed by atoms with E-state index in [0.29, 0.717) is 24.3 Å². The van der Waals surface area contributed by atoms with Crippen LogP contribution in [0.1, 0.15) is 41.6 Å². The molecule has 1 aliphatic heterocycles. The summed E-state index contributed by atoms with van der Waals surface area (Å²) in [6, 6.07) is 10.8. The Hall–Kier alpha value is -1.95. The average Bonchev–Trinajstić information content (AvgIpc) is 2.64. The summed E-state index contributed by atoms with van der Waals surface area (Å²) in [5.74, 6) is -1.07. The van der Waals surface area contributed by atoms with E-state index in [2.05, 4.69) is 4.90 Å². The normalized spacial score (nSPS) is 17.0. The summed E-state index contributed by atoms with van der Waals surface area (Å²) in [5, 5.41) is 21.2. The molecule has 2 aromatic rings. The number of nitrogens with zero attached hydrogens (tertiary/aromatic N) is 1. The maximum Gasteiger partial charge on any atom is 0.166 e. The van der Waals surface area contributed by atoms with Crippen LogP contribution in [0.3, 0.4) is 0 Å². The van der Waals surface area contributed by atoms with Gasteiger partial charge in [0.05, 0.1) is 11.2 Å². The van der Waals surface area contributed by atoms with Crippen molar-refractivity contribution < 1.29 is 19.4 Å². The smallest absolute Gasteiger partial charge is 0.166 e. The first kappa shape index (κ1) is 19.8. The third kappa shape index (κ3) is 4.86. The van der Waals surface area contributed by atoms with E-state index in [1.165, 1.54) is 12.1 Å². The Kier molecular flexibility index (Phi) is 6.15. The zero-order valence-corrected chi connectivity index (χ0v) is 15.8. The number of hydrogen-bond acceptors (Lipinski definition) is 4. The summed E-state index contributed by atoms with van der Waals surface area (Å²) >= 11 is 5.91. The molecule has 27 heavy (non-hydrogen) atoms. The lowest BCUT2D eigenvalue weighted by atomic mass is 9.84. The molecule has 0 amide bonds. The number of benzene rings is 2. The first-order chi connectivity index (χ1) is 12.9. The number of piperidine rings is 1. The van der Waals surface area contributed by atoms with Crippen molar-refractivity contribution in [1.82, 2.24) is 4.90 Å². The molecule has 3 rings (SSSR count). The number of ketones is 1. The van der Waals surface area contributed by atoms with E-state index >= 15 is 0 Å². The Balaban J connectivity index is 1.47. The summed E-state index contributed by atoms with van der Waals surface area (Å²) in [4.78, 5) is 14.4. The molecule has 0 aromatic heterocycles. The largest absolute Gasteiger partial charge is 0.507 e.